The number of nitrogens with zero attached hydrogens (tertiary/aromatic N) is 1. The van der Waals surface area contributed by atoms with E-state index in [0.717, 1.165) is 16.5 Å². The minimum Gasteiger partial charge on any atom is -0.280 e. The molecule has 62 valence electrons. The summed E-state index contributed by atoms with van der Waals surface area (Å²) in [7, 11) is 0. The lowest BCUT2D eigenvalue weighted by molar-refractivity contribution is 1.06. The first-order chi connectivity index (χ1) is 5.81. The fourth-order valence-corrected chi connectivity index (χ4v) is 1.71. The number of aryl methyl sites for hydroxylation is 1. The molecule has 2 aromatic rings. The maximum absolute atomic E-state index is 4.20. The van der Waals surface area contributed by atoms with Gasteiger partial charge in [0.15, 0.2) is 0 Å². The molecule has 1 aromatic heterocycles. The van der Waals surface area contributed by atoms with Crippen LogP contribution in [-0.4, -0.2) is 10.2 Å². The second-order valence-corrected chi connectivity index (χ2v) is 3.42. The first kappa shape index (κ1) is 7.80. The molecular weight excluding hydrogens is 216 g/mol. The topological polar surface area (TPSA) is 28.7 Å². The Bertz CT molecular complexity index is 406. The van der Waals surface area contributed by atoms with Crippen molar-refractivity contribution in [1.29, 1.82) is 0 Å². The molecule has 0 aliphatic rings. The van der Waals surface area contributed by atoms with Gasteiger partial charge in [-0.05, 0) is 18.6 Å². The van der Waals surface area contributed by atoms with Crippen LogP contribution in [0.5, 0.6) is 0 Å². The lowest BCUT2D eigenvalue weighted by atomic mass is 10.1. The first-order valence-electron chi connectivity index (χ1n) is 3.81. The van der Waals surface area contributed by atoms with E-state index in [1.165, 1.54) is 10.9 Å². The molecule has 3 heteroatoms. The highest BCUT2D eigenvalue weighted by molar-refractivity contribution is 9.08. The number of hydrogen-bond donors (Lipinski definition) is 1. The van der Waals surface area contributed by atoms with Crippen molar-refractivity contribution in [3.8, 4) is 0 Å². The zero-order valence-corrected chi connectivity index (χ0v) is 8.35. The maximum atomic E-state index is 4.20. The van der Waals surface area contributed by atoms with Crippen molar-refractivity contribution in [2.24, 2.45) is 0 Å². The van der Waals surface area contributed by atoms with Crippen molar-refractivity contribution in [2.75, 3.05) is 0 Å². The second-order valence-electron chi connectivity index (χ2n) is 2.86. The third-order valence-corrected chi connectivity index (χ3v) is 2.48. The molecule has 0 atom stereocenters. The second kappa shape index (κ2) is 2.90. The van der Waals surface area contributed by atoms with Gasteiger partial charge in [-0.3, -0.25) is 5.10 Å². The van der Waals surface area contributed by atoms with Crippen LogP contribution in [0.3, 0.4) is 0 Å². The van der Waals surface area contributed by atoms with E-state index in [-0.39, 0.29) is 0 Å². The fraction of sp³-hybridized carbons (Fsp3) is 0.222. The summed E-state index contributed by atoms with van der Waals surface area (Å²) in [4.78, 5) is 0. The quantitative estimate of drug-likeness (QED) is 0.742. The largest absolute Gasteiger partial charge is 0.280 e. The number of alkyl halides is 1. The number of hydrogen-bond acceptors (Lipinski definition) is 1. The van der Waals surface area contributed by atoms with Crippen molar-refractivity contribution in [3.05, 3.63) is 29.5 Å². The predicted molar refractivity (Wildman–Crippen MR) is 53.5 cm³/mol. The molecule has 0 aliphatic carbocycles. The number of H-pyrrole nitrogens is 1. The molecule has 0 bridgehead atoms. The van der Waals surface area contributed by atoms with Gasteiger partial charge in [0, 0.05) is 10.7 Å². The smallest absolute Gasteiger partial charge is 0.0926 e. The summed E-state index contributed by atoms with van der Waals surface area (Å²) in [5, 5.41) is 9.22. The van der Waals surface area contributed by atoms with Crippen LogP contribution in [0.15, 0.2) is 18.2 Å². The fourth-order valence-electron chi connectivity index (χ4n) is 1.28. The number of rotatable bonds is 1. The van der Waals surface area contributed by atoms with Crippen molar-refractivity contribution in [1.82, 2.24) is 10.2 Å². The maximum Gasteiger partial charge on any atom is 0.0926 e. The Hall–Kier alpha value is -0.830. The van der Waals surface area contributed by atoms with Crippen LogP contribution in [0.2, 0.25) is 0 Å². The van der Waals surface area contributed by atoms with Crippen LogP contribution in [0, 0.1) is 6.92 Å². The molecule has 0 radical (unpaired) electrons. The van der Waals surface area contributed by atoms with E-state index in [0.29, 0.717) is 0 Å². The first-order valence-corrected chi connectivity index (χ1v) is 4.93. The molecule has 1 N–H and O–H groups in total. The van der Waals surface area contributed by atoms with E-state index >= 15 is 0 Å². The summed E-state index contributed by atoms with van der Waals surface area (Å²) in [6.45, 7) is 2.07. The van der Waals surface area contributed by atoms with Gasteiger partial charge in [-0.15, -0.1) is 0 Å². The average Bonchev–Trinajstić information content (AvgIpc) is 2.46. The predicted octanol–water partition coefficient (Wildman–Crippen LogP) is 2.77. The summed E-state index contributed by atoms with van der Waals surface area (Å²) in [5.74, 6) is 0. The molecule has 0 unspecified atom stereocenters. The standard InChI is InChI=1S/C9H9BrN2/c1-6-2-3-7-8(4-6)11-12-9(7)5-10/h2-4H,5H2,1H3,(H,11,12). The van der Waals surface area contributed by atoms with Crippen molar-refractivity contribution in [3.63, 3.8) is 0 Å². The average molecular weight is 225 g/mol. The summed E-state index contributed by atoms with van der Waals surface area (Å²) >= 11 is 3.41. The monoisotopic (exact) mass is 224 g/mol. The Kier molecular flexibility index (Phi) is 1.89. The van der Waals surface area contributed by atoms with Gasteiger partial charge in [-0.1, -0.05) is 28.1 Å². The molecule has 1 heterocycles. The SMILES string of the molecule is Cc1ccc2c(CBr)[nH]nc2c1. The van der Waals surface area contributed by atoms with Crippen molar-refractivity contribution < 1.29 is 0 Å². The lowest BCUT2D eigenvalue weighted by Crippen LogP contribution is -1.76. The third kappa shape index (κ3) is 1.14. The summed E-state index contributed by atoms with van der Waals surface area (Å²) < 4.78 is 0. The lowest BCUT2D eigenvalue weighted by Gasteiger charge is -1.92. The number of fused-ring (bicyclic) bond motifs is 1. The van der Waals surface area contributed by atoms with E-state index in [1.54, 1.807) is 0 Å². The minimum absolute atomic E-state index is 0.826. The highest BCUT2D eigenvalue weighted by Crippen LogP contribution is 2.18. The highest BCUT2D eigenvalue weighted by Gasteiger charge is 2.02. The van der Waals surface area contributed by atoms with Gasteiger partial charge in [0.1, 0.15) is 0 Å². The van der Waals surface area contributed by atoms with E-state index in [4.69, 9.17) is 0 Å². The molecule has 12 heavy (non-hydrogen) atoms. The Labute approximate surface area is 79.1 Å². The molecule has 2 nitrogen and oxygen atoms in total. The van der Waals surface area contributed by atoms with Gasteiger partial charge in [0.05, 0.1) is 11.2 Å². The zero-order valence-electron chi connectivity index (χ0n) is 6.76. The van der Waals surface area contributed by atoms with Gasteiger partial charge >= 0.3 is 0 Å². The van der Waals surface area contributed by atoms with Crippen LogP contribution >= 0.6 is 15.9 Å². The van der Waals surface area contributed by atoms with Crippen LogP contribution in [0.25, 0.3) is 10.9 Å². The number of nitrogens with one attached hydrogen (secondary N) is 1. The van der Waals surface area contributed by atoms with Crippen LogP contribution in [0.4, 0.5) is 0 Å². The number of benzene rings is 1. The van der Waals surface area contributed by atoms with Gasteiger partial charge in [-0.25, -0.2) is 0 Å². The number of aromatic amines is 1. The van der Waals surface area contributed by atoms with Gasteiger partial charge < -0.3 is 0 Å². The molecule has 0 saturated heterocycles. The Morgan fingerprint density at radius 3 is 3.08 bits per heavy atom. The number of halogens is 1. The van der Waals surface area contributed by atoms with Gasteiger partial charge in [0.25, 0.3) is 0 Å². The van der Waals surface area contributed by atoms with Gasteiger partial charge in [-0.2, -0.15) is 5.10 Å². The van der Waals surface area contributed by atoms with Crippen LogP contribution in [0.1, 0.15) is 11.3 Å². The van der Waals surface area contributed by atoms with Crippen molar-refractivity contribution >= 4 is 26.8 Å². The molecule has 2 rings (SSSR count). The Morgan fingerprint density at radius 2 is 2.33 bits per heavy atom. The Balaban J connectivity index is 2.73. The van der Waals surface area contributed by atoms with E-state index < -0.39 is 0 Å². The molecule has 0 amide bonds. The van der Waals surface area contributed by atoms with Crippen LogP contribution < -0.4 is 0 Å². The zero-order chi connectivity index (χ0) is 8.55. The summed E-state index contributed by atoms with van der Waals surface area (Å²) in [6.07, 6.45) is 0. The van der Waals surface area contributed by atoms with Crippen LogP contribution in [-0.2, 0) is 5.33 Å². The molecule has 0 fully saturated rings. The van der Waals surface area contributed by atoms with E-state index in [2.05, 4.69) is 51.3 Å². The van der Waals surface area contributed by atoms with Crippen molar-refractivity contribution in [2.45, 2.75) is 12.3 Å². The summed E-state index contributed by atoms with van der Waals surface area (Å²) in [5.41, 5.74) is 3.43. The molecule has 0 spiro atoms. The molecule has 0 saturated carbocycles. The minimum atomic E-state index is 0.826. The molecule has 1 aromatic carbocycles. The molecular formula is C9H9BrN2. The summed E-state index contributed by atoms with van der Waals surface area (Å²) in [6, 6.07) is 6.28. The third-order valence-electron chi connectivity index (χ3n) is 1.92. The van der Waals surface area contributed by atoms with E-state index in [1.807, 2.05) is 0 Å². The highest BCUT2D eigenvalue weighted by atomic mass is 79.9. The normalized spacial score (nSPS) is 10.8. The van der Waals surface area contributed by atoms with E-state index in [9.17, 15) is 0 Å². The Morgan fingerprint density at radius 1 is 1.50 bits per heavy atom. The number of aromatic nitrogens is 2. The van der Waals surface area contributed by atoms with Gasteiger partial charge in [0.2, 0.25) is 0 Å². The molecule has 0 aliphatic heterocycles.